The number of aromatic nitrogens is 2. The Labute approximate surface area is 147 Å². The zero-order chi connectivity index (χ0) is 17.8. The Kier molecular flexibility index (Phi) is 5.03. The lowest BCUT2D eigenvalue weighted by Gasteiger charge is -2.17. The molecular formula is C20H23N3O2. The summed E-state index contributed by atoms with van der Waals surface area (Å²) < 4.78 is 7.54. The van der Waals surface area contributed by atoms with Gasteiger partial charge in [0.2, 0.25) is 0 Å². The van der Waals surface area contributed by atoms with Gasteiger partial charge < -0.3 is 13.9 Å². The number of hydrogen-bond donors (Lipinski definition) is 0. The maximum Gasteiger partial charge on any atom is 0.255 e. The van der Waals surface area contributed by atoms with Crippen molar-refractivity contribution in [2.75, 3.05) is 13.6 Å². The van der Waals surface area contributed by atoms with Crippen LogP contribution in [0.5, 0.6) is 0 Å². The average molecular weight is 337 g/mol. The fourth-order valence-corrected chi connectivity index (χ4v) is 2.95. The van der Waals surface area contributed by atoms with Crippen LogP contribution in [0.15, 0.2) is 53.3 Å². The molecule has 0 bridgehead atoms. The van der Waals surface area contributed by atoms with Gasteiger partial charge in [-0.1, -0.05) is 6.07 Å². The quantitative estimate of drug-likeness (QED) is 0.692. The SMILES string of the molecule is Cc1cc(C(=O)N(C)CCc2ccccn2)c(C)n1Cc1ccco1. The summed E-state index contributed by atoms with van der Waals surface area (Å²) >= 11 is 0. The van der Waals surface area contributed by atoms with Crippen LogP contribution in [0.4, 0.5) is 0 Å². The van der Waals surface area contributed by atoms with E-state index in [4.69, 9.17) is 4.42 Å². The number of amides is 1. The van der Waals surface area contributed by atoms with Gasteiger partial charge in [-0.25, -0.2) is 0 Å². The van der Waals surface area contributed by atoms with E-state index >= 15 is 0 Å². The van der Waals surface area contributed by atoms with E-state index in [1.807, 2.05) is 57.3 Å². The van der Waals surface area contributed by atoms with Gasteiger partial charge in [0.25, 0.3) is 5.91 Å². The zero-order valence-electron chi connectivity index (χ0n) is 14.9. The van der Waals surface area contributed by atoms with Gasteiger partial charge in [-0.05, 0) is 44.2 Å². The van der Waals surface area contributed by atoms with Crippen molar-refractivity contribution >= 4 is 5.91 Å². The molecule has 25 heavy (non-hydrogen) atoms. The number of carbonyl (C=O) groups excluding carboxylic acids is 1. The largest absolute Gasteiger partial charge is 0.467 e. The Balaban J connectivity index is 1.71. The third-order valence-corrected chi connectivity index (χ3v) is 4.47. The summed E-state index contributed by atoms with van der Waals surface area (Å²) in [6, 6.07) is 11.6. The number of carbonyl (C=O) groups is 1. The maximum absolute atomic E-state index is 12.8. The number of hydrogen-bond acceptors (Lipinski definition) is 3. The first-order valence-electron chi connectivity index (χ1n) is 8.40. The Hall–Kier alpha value is -2.82. The van der Waals surface area contributed by atoms with E-state index in [0.717, 1.165) is 34.8 Å². The lowest BCUT2D eigenvalue weighted by molar-refractivity contribution is 0.0795. The number of furan rings is 1. The lowest BCUT2D eigenvalue weighted by Crippen LogP contribution is -2.29. The Bertz CT molecular complexity index is 835. The Morgan fingerprint density at radius 2 is 2.08 bits per heavy atom. The second-order valence-corrected chi connectivity index (χ2v) is 6.25. The van der Waals surface area contributed by atoms with Crippen molar-refractivity contribution in [3.05, 3.63) is 77.3 Å². The van der Waals surface area contributed by atoms with Gasteiger partial charge in [0, 0.05) is 43.3 Å². The van der Waals surface area contributed by atoms with Crippen LogP contribution in [0.1, 0.15) is 33.2 Å². The summed E-state index contributed by atoms with van der Waals surface area (Å²) in [6.07, 6.45) is 4.19. The molecule has 5 heteroatoms. The molecule has 0 radical (unpaired) electrons. The Morgan fingerprint density at radius 1 is 1.24 bits per heavy atom. The minimum absolute atomic E-state index is 0.0368. The fourth-order valence-electron chi connectivity index (χ4n) is 2.95. The van der Waals surface area contributed by atoms with Crippen molar-refractivity contribution < 1.29 is 9.21 Å². The van der Waals surface area contributed by atoms with Crippen LogP contribution in [-0.4, -0.2) is 34.0 Å². The van der Waals surface area contributed by atoms with Crippen LogP contribution in [0, 0.1) is 13.8 Å². The second kappa shape index (κ2) is 7.38. The third-order valence-electron chi connectivity index (χ3n) is 4.47. The average Bonchev–Trinajstić information content (AvgIpc) is 3.23. The molecule has 0 aliphatic heterocycles. The molecule has 0 N–H and O–H groups in total. The van der Waals surface area contributed by atoms with Crippen molar-refractivity contribution in [2.24, 2.45) is 0 Å². The summed E-state index contributed by atoms with van der Waals surface area (Å²) in [5, 5.41) is 0. The van der Waals surface area contributed by atoms with Crippen LogP contribution < -0.4 is 0 Å². The summed E-state index contributed by atoms with van der Waals surface area (Å²) in [5.41, 5.74) is 3.75. The highest BCUT2D eigenvalue weighted by molar-refractivity contribution is 5.95. The number of aryl methyl sites for hydroxylation is 1. The molecule has 0 aliphatic carbocycles. The van der Waals surface area contributed by atoms with Gasteiger partial charge in [0.05, 0.1) is 18.4 Å². The van der Waals surface area contributed by atoms with E-state index in [1.165, 1.54) is 0 Å². The van der Waals surface area contributed by atoms with Gasteiger partial charge in [-0.15, -0.1) is 0 Å². The van der Waals surface area contributed by atoms with Crippen molar-refractivity contribution in [1.82, 2.24) is 14.5 Å². The summed E-state index contributed by atoms with van der Waals surface area (Å²) in [6.45, 7) is 5.27. The highest BCUT2D eigenvalue weighted by atomic mass is 16.3. The molecule has 3 heterocycles. The predicted octanol–water partition coefficient (Wildman–Crippen LogP) is 3.46. The zero-order valence-corrected chi connectivity index (χ0v) is 14.9. The summed E-state index contributed by atoms with van der Waals surface area (Å²) in [5.74, 6) is 0.916. The van der Waals surface area contributed by atoms with Gasteiger partial charge in [0.15, 0.2) is 0 Å². The minimum atomic E-state index is 0.0368. The first-order chi connectivity index (χ1) is 12.1. The summed E-state index contributed by atoms with van der Waals surface area (Å²) in [4.78, 5) is 18.9. The van der Waals surface area contributed by atoms with E-state index in [0.29, 0.717) is 13.1 Å². The van der Waals surface area contributed by atoms with E-state index < -0.39 is 0 Å². The molecule has 0 fully saturated rings. The van der Waals surface area contributed by atoms with E-state index in [-0.39, 0.29) is 5.91 Å². The van der Waals surface area contributed by atoms with Crippen LogP contribution in [0.2, 0.25) is 0 Å². The molecular weight excluding hydrogens is 314 g/mol. The van der Waals surface area contributed by atoms with Crippen molar-refractivity contribution in [3.8, 4) is 0 Å². The molecule has 0 saturated heterocycles. The Morgan fingerprint density at radius 3 is 2.76 bits per heavy atom. The van der Waals surface area contributed by atoms with Crippen LogP contribution in [0.25, 0.3) is 0 Å². The first kappa shape index (κ1) is 17.0. The summed E-state index contributed by atoms with van der Waals surface area (Å²) in [7, 11) is 1.84. The molecule has 130 valence electrons. The fraction of sp³-hybridized carbons (Fsp3) is 0.300. The molecule has 0 spiro atoms. The smallest absolute Gasteiger partial charge is 0.255 e. The highest BCUT2D eigenvalue weighted by Crippen LogP contribution is 2.19. The van der Waals surface area contributed by atoms with Crippen LogP contribution in [0.3, 0.4) is 0 Å². The number of rotatable bonds is 6. The molecule has 5 nitrogen and oxygen atoms in total. The van der Waals surface area contributed by atoms with Gasteiger partial charge >= 0.3 is 0 Å². The molecule has 0 saturated carbocycles. The normalized spacial score (nSPS) is 10.8. The van der Waals surface area contributed by atoms with E-state index in [2.05, 4.69) is 9.55 Å². The molecule has 0 aromatic carbocycles. The number of likely N-dealkylation sites (N-methyl/N-ethyl adjacent to an activating group) is 1. The highest BCUT2D eigenvalue weighted by Gasteiger charge is 2.19. The van der Waals surface area contributed by atoms with Gasteiger partial charge in [-0.2, -0.15) is 0 Å². The van der Waals surface area contributed by atoms with E-state index in [9.17, 15) is 4.79 Å². The van der Waals surface area contributed by atoms with Gasteiger partial charge in [-0.3, -0.25) is 9.78 Å². The van der Waals surface area contributed by atoms with Crippen molar-refractivity contribution in [3.63, 3.8) is 0 Å². The maximum atomic E-state index is 12.8. The predicted molar refractivity (Wildman–Crippen MR) is 96.6 cm³/mol. The molecule has 0 aliphatic rings. The van der Waals surface area contributed by atoms with Crippen molar-refractivity contribution in [2.45, 2.75) is 26.8 Å². The minimum Gasteiger partial charge on any atom is -0.467 e. The standard InChI is InChI=1S/C20H23N3O2/c1-15-13-19(16(2)23(15)14-18-8-6-12-25-18)20(24)22(3)11-9-17-7-4-5-10-21-17/h4-8,10,12-13H,9,11,14H2,1-3H3. The van der Waals surface area contributed by atoms with Crippen molar-refractivity contribution in [1.29, 1.82) is 0 Å². The second-order valence-electron chi connectivity index (χ2n) is 6.25. The monoisotopic (exact) mass is 337 g/mol. The van der Waals surface area contributed by atoms with Crippen LogP contribution in [-0.2, 0) is 13.0 Å². The van der Waals surface area contributed by atoms with Gasteiger partial charge in [0.1, 0.15) is 5.76 Å². The molecule has 0 unspecified atom stereocenters. The van der Waals surface area contributed by atoms with E-state index in [1.54, 1.807) is 17.4 Å². The molecule has 1 amide bonds. The first-order valence-corrected chi connectivity index (χ1v) is 8.40. The molecule has 3 rings (SSSR count). The molecule has 3 aromatic rings. The topological polar surface area (TPSA) is 51.3 Å². The molecule has 3 aromatic heterocycles. The number of pyridine rings is 1. The molecule has 0 atom stereocenters. The third kappa shape index (κ3) is 3.82. The number of nitrogens with zero attached hydrogens (tertiary/aromatic N) is 3. The van der Waals surface area contributed by atoms with Crippen LogP contribution >= 0.6 is 0 Å². The lowest BCUT2D eigenvalue weighted by atomic mass is 10.2.